The highest BCUT2D eigenvalue weighted by Gasteiger charge is 2.45. The molecule has 7 nitrogen and oxygen atoms in total. The second-order valence-corrected chi connectivity index (χ2v) is 9.59. The van der Waals surface area contributed by atoms with E-state index in [1.165, 1.54) is 52.0 Å². The number of hydrogen-bond donors (Lipinski definition) is 2. The molecule has 2 aliphatic rings. The fraction of sp³-hybridized carbons (Fsp3) is 0.645. The third-order valence-corrected chi connectivity index (χ3v) is 6.18. The number of ketones is 2. The van der Waals surface area contributed by atoms with Crippen LogP contribution in [0.3, 0.4) is 0 Å². The van der Waals surface area contributed by atoms with Gasteiger partial charge in [-0.2, -0.15) is 0 Å². The number of phenols is 1. The van der Waals surface area contributed by atoms with E-state index in [0.717, 1.165) is 0 Å². The number of Topliss-reactive ketones (excluding diaryl/α,β-unsaturated/α-hetero) is 2. The second-order valence-electron chi connectivity index (χ2n) is 9.59. The molecule has 0 aromatic heterocycles. The maximum absolute atomic E-state index is 12.9. The van der Waals surface area contributed by atoms with E-state index in [1.54, 1.807) is 13.8 Å². The quantitative estimate of drug-likeness (QED) is 0.298. The van der Waals surface area contributed by atoms with Gasteiger partial charge in [-0.1, -0.05) is 80.6 Å². The van der Waals surface area contributed by atoms with Gasteiger partial charge in [-0.05, 0) is 38.8 Å². The van der Waals surface area contributed by atoms with E-state index in [1.807, 2.05) is 13.8 Å². The van der Waals surface area contributed by atoms with Crippen LogP contribution in [0, 0.1) is 12.8 Å². The molecule has 0 amide bonds. The van der Waals surface area contributed by atoms with Crippen molar-refractivity contribution >= 4 is 17.5 Å². The van der Waals surface area contributed by atoms with Crippen LogP contribution in [0.1, 0.15) is 122 Å². The highest BCUT2D eigenvalue weighted by molar-refractivity contribution is 6.02. The number of aliphatic hydroxyl groups is 1. The average molecular weight is 535 g/mol. The lowest BCUT2D eigenvalue weighted by Gasteiger charge is -2.33. The largest absolute Gasteiger partial charge is 0.508 e. The van der Waals surface area contributed by atoms with Crippen LogP contribution < -0.4 is 4.74 Å². The molecule has 0 radical (unpaired) electrons. The molecule has 1 heterocycles. The Kier molecular flexibility index (Phi) is 16.5. The van der Waals surface area contributed by atoms with Crippen LogP contribution in [0.4, 0.5) is 0 Å². The number of fused-ring (bicyclic) bond motifs is 2. The fourth-order valence-electron chi connectivity index (χ4n) is 3.95. The molecule has 1 aliphatic heterocycles. The van der Waals surface area contributed by atoms with E-state index in [9.17, 15) is 24.6 Å². The van der Waals surface area contributed by atoms with Crippen molar-refractivity contribution in [3.63, 3.8) is 0 Å². The first-order valence-electron chi connectivity index (χ1n) is 14.1. The Bertz CT molecular complexity index is 957. The van der Waals surface area contributed by atoms with E-state index >= 15 is 0 Å². The molecular formula is C31H50O7. The number of carbonyl (C=O) groups excluding carboxylic acids is 3. The molecule has 3 unspecified atom stereocenters. The number of rotatable bonds is 6. The smallest absolute Gasteiger partial charge is 0.347 e. The lowest BCUT2D eigenvalue weighted by atomic mass is 9.84. The standard InChI is InChI=1S/C20H22O7.C6H14.C3H8.C2H6/c1-8(21)5-6-12-7-13(22)9(2)17-14(12)20(25)27-19-11(4)16(24)15(23)10(3)18(19)26-17;1-3-5-6-4-2;1-3-2;1-2/h7,10,15,18,22-23H,5-6H2,1-4H3;3-6H2,1-2H3;3H2,1-2H3;1-2H3. The van der Waals surface area contributed by atoms with Crippen molar-refractivity contribution < 1.29 is 34.1 Å². The number of aryl methyl sites for hydroxylation is 1. The molecule has 0 spiro atoms. The predicted octanol–water partition coefficient (Wildman–Crippen LogP) is 7.02. The molecule has 2 N–H and O–H groups in total. The number of hydrogen-bond acceptors (Lipinski definition) is 7. The Labute approximate surface area is 229 Å². The summed E-state index contributed by atoms with van der Waals surface area (Å²) in [6.45, 7) is 18.9. The Morgan fingerprint density at radius 1 is 1.03 bits per heavy atom. The van der Waals surface area contributed by atoms with Crippen molar-refractivity contribution in [2.24, 2.45) is 5.92 Å². The summed E-state index contributed by atoms with van der Waals surface area (Å²) in [5.74, 6) is -1.74. The Balaban J connectivity index is 0.00000106. The van der Waals surface area contributed by atoms with Crippen molar-refractivity contribution in [3.05, 3.63) is 34.1 Å². The summed E-state index contributed by atoms with van der Waals surface area (Å²) in [6.07, 6.45) is 5.11. The summed E-state index contributed by atoms with van der Waals surface area (Å²) in [7, 11) is 0. The van der Waals surface area contributed by atoms with Gasteiger partial charge in [0.25, 0.3) is 0 Å². The van der Waals surface area contributed by atoms with Crippen LogP contribution in [-0.4, -0.2) is 40.0 Å². The lowest BCUT2D eigenvalue weighted by Crippen LogP contribution is -2.45. The number of benzene rings is 1. The zero-order valence-corrected chi connectivity index (χ0v) is 25.2. The zero-order chi connectivity index (χ0) is 29.6. The number of esters is 1. The molecule has 0 bridgehead atoms. The number of aromatic hydroxyl groups is 1. The van der Waals surface area contributed by atoms with Gasteiger partial charge < -0.3 is 24.5 Å². The van der Waals surface area contributed by atoms with Crippen molar-refractivity contribution in [2.75, 3.05) is 0 Å². The van der Waals surface area contributed by atoms with Crippen molar-refractivity contribution in [1.82, 2.24) is 0 Å². The second kappa shape index (κ2) is 17.8. The van der Waals surface area contributed by atoms with Crippen LogP contribution in [0.5, 0.6) is 11.5 Å². The minimum atomic E-state index is -1.27. The summed E-state index contributed by atoms with van der Waals surface area (Å²) in [6, 6.07) is 1.43. The normalized spacial score (nSPS) is 19.5. The van der Waals surface area contributed by atoms with Crippen LogP contribution >= 0.6 is 0 Å². The summed E-state index contributed by atoms with van der Waals surface area (Å²) < 4.78 is 11.5. The van der Waals surface area contributed by atoms with E-state index in [-0.39, 0.29) is 47.0 Å². The number of aliphatic hydroxyl groups excluding tert-OH is 1. The lowest BCUT2D eigenvalue weighted by molar-refractivity contribution is -0.129. The predicted molar refractivity (Wildman–Crippen MR) is 152 cm³/mol. The van der Waals surface area contributed by atoms with Gasteiger partial charge in [0.15, 0.2) is 17.6 Å². The maximum Gasteiger partial charge on any atom is 0.347 e. The van der Waals surface area contributed by atoms with Crippen LogP contribution in [-0.2, 0) is 20.7 Å². The summed E-state index contributed by atoms with van der Waals surface area (Å²) >= 11 is 0. The third-order valence-electron chi connectivity index (χ3n) is 6.18. The number of carbonyl (C=O) groups is 3. The molecular weight excluding hydrogens is 484 g/mol. The first kappa shape index (κ1) is 35.3. The van der Waals surface area contributed by atoms with Crippen molar-refractivity contribution in [2.45, 2.75) is 126 Å². The van der Waals surface area contributed by atoms with Crippen molar-refractivity contribution in [1.29, 1.82) is 0 Å². The number of phenolic OH excluding ortho intramolecular Hbond substituents is 1. The van der Waals surface area contributed by atoms with Gasteiger partial charge in [-0.3, -0.25) is 4.79 Å². The molecule has 1 aliphatic carbocycles. The molecule has 0 saturated heterocycles. The monoisotopic (exact) mass is 534 g/mol. The van der Waals surface area contributed by atoms with Gasteiger partial charge in [-0.15, -0.1) is 0 Å². The number of ether oxygens (including phenoxy) is 2. The maximum atomic E-state index is 12.9. The zero-order valence-electron chi connectivity index (χ0n) is 25.2. The van der Waals surface area contributed by atoms with E-state index in [2.05, 4.69) is 27.7 Å². The Morgan fingerprint density at radius 3 is 2.03 bits per heavy atom. The highest BCUT2D eigenvalue weighted by Crippen LogP contribution is 2.42. The van der Waals surface area contributed by atoms with Crippen LogP contribution in [0.2, 0.25) is 0 Å². The highest BCUT2D eigenvalue weighted by atomic mass is 16.6. The van der Waals surface area contributed by atoms with E-state index in [0.29, 0.717) is 11.1 Å². The van der Waals surface area contributed by atoms with Gasteiger partial charge in [-0.25, -0.2) is 4.79 Å². The molecule has 216 valence electrons. The topological polar surface area (TPSA) is 110 Å². The Hall–Kier alpha value is -2.67. The summed E-state index contributed by atoms with van der Waals surface area (Å²) in [4.78, 5) is 36.4. The van der Waals surface area contributed by atoms with Gasteiger partial charge in [0.2, 0.25) is 0 Å². The van der Waals surface area contributed by atoms with E-state index in [4.69, 9.17) is 9.47 Å². The minimum Gasteiger partial charge on any atom is -0.508 e. The first-order chi connectivity index (χ1) is 18.0. The molecule has 3 rings (SSSR count). The fourth-order valence-corrected chi connectivity index (χ4v) is 3.95. The molecule has 1 aromatic rings. The molecule has 38 heavy (non-hydrogen) atoms. The van der Waals surface area contributed by atoms with Gasteiger partial charge in [0.1, 0.15) is 28.9 Å². The SMILES string of the molecule is CC.CC(=O)CCc1cc(O)c(C)c2c1C(=O)OC1=C(C)C(=O)C(O)C(C)C1O2.CCC.CCCCCC. The van der Waals surface area contributed by atoms with E-state index < -0.39 is 29.9 Å². The molecule has 1 aromatic carbocycles. The average Bonchev–Trinajstić information content (AvgIpc) is 3.05. The first-order valence-corrected chi connectivity index (χ1v) is 14.1. The van der Waals surface area contributed by atoms with Crippen molar-refractivity contribution in [3.8, 4) is 11.5 Å². The number of unbranched alkanes of at least 4 members (excludes halogenated alkanes) is 3. The van der Waals surface area contributed by atoms with Gasteiger partial charge in [0, 0.05) is 23.5 Å². The van der Waals surface area contributed by atoms with Crippen LogP contribution in [0.25, 0.3) is 0 Å². The molecule has 0 fully saturated rings. The molecule has 7 heteroatoms. The minimum absolute atomic E-state index is 0.0544. The summed E-state index contributed by atoms with van der Waals surface area (Å²) in [5.41, 5.74) is 1.06. The molecule has 0 saturated carbocycles. The van der Waals surface area contributed by atoms with Crippen LogP contribution in [0.15, 0.2) is 17.4 Å². The molecule has 3 atom stereocenters. The Morgan fingerprint density at radius 2 is 1.55 bits per heavy atom. The van der Waals surface area contributed by atoms with Gasteiger partial charge >= 0.3 is 5.97 Å². The third kappa shape index (κ3) is 9.26. The summed E-state index contributed by atoms with van der Waals surface area (Å²) in [5, 5.41) is 20.5. The van der Waals surface area contributed by atoms with Gasteiger partial charge in [0.05, 0.1) is 0 Å².